The van der Waals surface area contributed by atoms with E-state index in [4.69, 9.17) is 11.6 Å². The molecule has 5 aromatic rings. The molecule has 1 atom stereocenters. The molecule has 1 aromatic heterocycles. The number of hydrogen-bond acceptors (Lipinski definition) is 6. The number of nitrogens with one attached hydrogen (secondary N) is 2. The van der Waals surface area contributed by atoms with Crippen LogP contribution in [-0.2, 0) is 11.3 Å². The minimum atomic E-state index is -0.459. The van der Waals surface area contributed by atoms with Crippen LogP contribution in [0.25, 0.3) is 16.5 Å². The maximum atomic E-state index is 13.0. The molecule has 1 unspecified atom stereocenters. The fourth-order valence-electron chi connectivity index (χ4n) is 4.25. The summed E-state index contributed by atoms with van der Waals surface area (Å²) >= 11 is 7.44. The first kappa shape index (κ1) is 27.4. The third-order valence-corrected chi connectivity index (χ3v) is 7.77. The summed E-state index contributed by atoms with van der Waals surface area (Å²) in [5.41, 5.74) is 7.33. The molecule has 40 heavy (non-hydrogen) atoms. The molecule has 0 radical (unpaired) electrons. The predicted octanol–water partition coefficient (Wildman–Crippen LogP) is 7.02. The molecule has 4 aromatic carbocycles. The lowest BCUT2D eigenvalue weighted by molar-refractivity contribution is -0.120. The molecule has 0 aliphatic carbocycles. The highest BCUT2D eigenvalue weighted by Crippen LogP contribution is 2.27. The Balaban J connectivity index is 1.31. The summed E-state index contributed by atoms with van der Waals surface area (Å²) in [4.78, 5) is 13.0. The summed E-state index contributed by atoms with van der Waals surface area (Å²) in [7, 11) is 0. The van der Waals surface area contributed by atoms with E-state index in [2.05, 4.69) is 50.3 Å². The van der Waals surface area contributed by atoms with E-state index < -0.39 is 5.25 Å². The van der Waals surface area contributed by atoms with Crippen molar-refractivity contribution in [2.75, 3.05) is 5.32 Å². The van der Waals surface area contributed by atoms with Crippen molar-refractivity contribution in [1.82, 2.24) is 20.2 Å². The van der Waals surface area contributed by atoms with E-state index in [1.165, 1.54) is 11.8 Å². The second kappa shape index (κ2) is 12.4. The first-order valence-corrected chi connectivity index (χ1v) is 14.1. The minimum Gasteiger partial charge on any atom is -0.378 e. The molecule has 1 heterocycles. The summed E-state index contributed by atoms with van der Waals surface area (Å²) < 4.78 is 1.97. The number of anilines is 1. The lowest BCUT2D eigenvalue weighted by Gasteiger charge is -2.14. The fraction of sp³-hybridized carbons (Fsp3) is 0.161. The Morgan fingerprint density at radius 2 is 1.73 bits per heavy atom. The first-order chi connectivity index (χ1) is 19.4. The van der Waals surface area contributed by atoms with Crippen molar-refractivity contribution in [2.45, 2.75) is 37.7 Å². The standard InChI is InChI=1S/C31H29ClN6OS/c1-20-17-26(32)15-16-28(20)33-19-29-35-37-31(38(29)27-11-5-4-6-12-27)40-22(3)30(39)36-34-21(2)24-14-13-23-9-7-8-10-25(23)18-24/h4-18,22,33H,19H2,1-3H3,(H,36,39). The zero-order valence-corrected chi connectivity index (χ0v) is 24.0. The molecule has 0 spiro atoms. The SMILES string of the molecule is CC(=NNC(=O)C(C)Sc1nnc(CNc2ccc(Cl)cc2C)n1-c1ccccc1)c1ccc2ccccc2c1. The molecule has 2 N–H and O–H groups in total. The number of amides is 1. The lowest BCUT2D eigenvalue weighted by atomic mass is 10.0. The van der Waals surface area contributed by atoms with Crippen LogP contribution in [0.4, 0.5) is 5.69 Å². The van der Waals surface area contributed by atoms with Crippen LogP contribution in [-0.4, -0.2) is 31.6 Å². The molecule has 1 amide bonds. The molecule has 202 valence electrons. The van der Waals surface area contributed by atoms with Gasteiger partial charge in [0.25, 0.3) is 5.91 Å². The third-order valence-electron chi connectivity index (χ3n) is 6.49. The number of para-hydroxylation sites is 1. The summed E-state index contributed by atoms with van der Waals surface area (Å²) in [6.07, 6.45) is 0. The van der Waals surface area contributed by atoms with Crippen LogP contribution in [0.3, 0.4) is 0 Å². The van der Waals surface area contributed by atoms with Crippen molar-refractivity contribution in [3.63, 3.8) is 0 Å². The maximum Gasteiger partial charge on any atom is 0.253 e. The van der Waals surface area contributed by atoms with Gasteiger partial charge in [-0.25, -0.2) is 5.43 Å². The molecule has 0 saturated carbocycles. The van der Waals surface area contributed by atoms with Crippen molar-refractivity contribution in [3.05, 3.63) is 113 Å². The van der Waals surface area contributed by atoms with Crippen LogP contribution in [0.1, 0.15) is 30.8 Å². The molecule has 9 heteroatoms. The van der Waals surface area contributed by atoms with E-state index >= 15 is 0 Å². The summed E-state index contributed by atoms with van der Waals surface area (Å²) in [5, 5.41) is 19.8. The fourth-order valence-corrected chi connectivity index (χ4v) is 5.35. The Labute approximate surface area is 242 Å². The van der Waals surface area contributed by atoms with Gasteiger partial charge >= 0.3 is 0 Å². The average Bonchev–Trinajstić information content (AvgIpc) is 3.37. The van der Waals surface area contributed by atoms with Crippen LogP contribution in [0.15, 0.2) is 101 Å². The molecular formula is C31H29ClN6OS. The van der Waals surface area contributed by atoms with Gasteiger partial charge in [0, 0.05) is 16.4 Å². The molecule has 0 saturated heterocycles. The van der Waals surface area contributed by atoms with Crippen LogP contribution < -0.4 is 10.7 Å². The van der Waals surface area contributed by atoms with Crippen molar-refractivity contribution >= 4 is 51.4 Å². The summed E-state index contributed by atoms with van der Waals surface area (Å²) in [6.45, 7) is 6.17. The number of halogens is 1. The first-order valence-electron chi connectivity index (χ1n) is 12.9. The van der Waals surface area contributed by atoms with Crippen molar-refractivity contribution in [3.8, 4) is 5.69 Å². The number of thioether (sulfide) groups is 1. The van der Waals surface area contributed by atoms with Crippen LogP contribution in [0.5, 0.6) is 0 Å². The van der Waals surface area contributed by atoms with Gasteiger partial charge in [0.05, 0.1) is 17.5 Å². The highest BCUT2D eigenvalue weighted by atomic mass is 35.5. The highest BCUT2D eigenvalue weighted by molar-refractivity contribution is 8.00. The largest absolute Gasteiger partial charge is 0.378 e. The quantitative estimate of drug-likeness (QED) is 0.113. The molecule has 0 aliphatic rings. The molecule has 7 nitrogen and oxygen atoms in total. The number of aryl methyl sites for hydroxylation is 1. The van der Waals surface area contributed by atoms with E-state index in [0.717, 1.165) is 44.8 Å². The Bertz CT molecular complexity index is 1680. The summed E-state index contributed by atoms with van der Waals surface area (Å²) in [6, 6.07) is 29.9. The van der Waals surface area contributed by atoms with Gasteiger partial charge in [-0.1, -0.05) is 78.0 Å². The van der Waals surface area contributed by atoms with Crippen molar-refractivity contribution < 1.29 is 4.79 Å². The second-order valence-electron chi connectivity index (χ2n) is 9.38. The number of rotatable bonds is 9. The zero-order valence-electron chi connectivity index (χ0n) is 22.4. The van der Waals surface area contributed by atoms with Gasteiger partial charge in [-0.2, -0.15) is 5.10 Å². The molecule has 0 bridgehead atoms. The van der Waals surface area contributed by atoms with E-state index in [-0.39, 0.29) is 5.91 Å². The topological polar surface area (TPSA) is 84.2 Å². The molecule has 5 rings (SSSR count). The number of benzene rings is 4. The van der Waals surface area contributed by atoms with E-state index in [1.807, 2.05) is 92.1 Å². The van der Waals surface area contributed by atoms with Gasteiger partial charge in [-0.3, -0.25) is 9.36 Å². The summed E-state index contributed by atoms with van der Waals surface area (Å²) in [5.74, 6) is 0.505. The highest BCUT2D eigenvalue weighted by Gasteiger charge is 2.21. The normalized spacial score (nSPS) is 12.3. The number of hydrogen-bond donors (Lipinski definition) is 2. The monoisotopic (exact) mass is 568 g/mol. The average molecular weight is 569 g/mol. The maximum absolute atomic E-state index is 13.0. The van der Waals surface area contributed by atoms with Gasteiger partial charge < -0.3 is 5.32 Å². The van der Waals surface area contributed by atoms with Gasteiger partial charge in [-0.05, 0) is 79.1 Å². The lowest BCUT2D eigenvalue weighted by Crippen LogP contribution is -2.28. The third kappa shape index (κ3) is 6.35. The van der Waals surface area contributed by atoms with Crippen LogP contribution in [0, 0.1) is 6.92 Å². The number of carbonyl (C=O) groups excluding carboxylic acids is 1. The van der Waals surface area contributed by atoms with E-state index in [1.54, 1.807) is 0 Å². The number of nitrogens with zero attached hydrogens (tertiary/aromatic N) is 4. The second-order valence-corrected chi connectivity index (χ2v) is 11.1. The van der Waals surface area contributed by atoms with E-state index in [9.17, 15) is 4.79 Å². The molecule has 0 fully saturated rings. The smallest absolute Gasteiger partial charge is 0.253 e. The Kier molecular flexibility index (Phi) is 8.48. The van der Waals surface area contributed by atoms with Gasteiger partial charge in [0.1, 0.15) is 0 Å². The number of hydrazone groups is 1. The van der Waals surface area contributed by atoms with Crippen LogP contribution in [0.2, 0.25) is 5.02 Å². The Morgan fingerprint density at radius 1 is 0.975 bits per heavy atom. The van der Waals surface area contributed by atoms with Crippen molar-refractivity contribution in [1.29, 1.82) is 0 Å². The Morgan fingerprint density at radius 3 is 2.50 bits per heavy atom. The molecular weight excluding hydrogens is 540 g/mol. The van der Waals surface area contributed by atoms with Gasteiger partial charge in [0.2, 0.25) is 0 Å². The predicted molar refractivity (Wildman–Crippen MR) is 164 cm³/mol. The minimum absolute atomic E-state index is 0.218. The van der Waals surface area contributed by atoms with Gasteiger partial charge in [0.15, 0.2) is 11.0 Å². The number of carbonyl (C=O) groups is 1. The van der Waals surface area contributed by atoms with Crippen molar-refractivity contribution in [2.24, 2.45) is 5.10 Å². The zero-order chi connectivity index (χ0) is 28.1. The molecule has 0 aliphatic heterocycles. The Hall–Kier alpha value is -4.14. The van der Waals surface area contributed by atoms with E-state index in [0.29, 0.717) is 16.7 Å². The van der Waals surface area contributed by atoms with Gasteiger partial charge in [-0.15, -0.1) is 10.2 Å². The number of aromatic nitrogens is 3. The van der Waals surface area contributed by atoms with Crippen LogP contribution >= 0.6 is 23.4 Å². The number of fused-ring (bicyclic) bond motifs is 1.